The topological polar surface area (TPSA) is 81.4 Å². The van der Waals surface area contributed by atoms with E-state index in [-0.39, 0.29) is 5.54 Å². The lowest BCUT2D eigenvalue weighted by Crippen LogP contribution is -2.59. The van der Waals surface area contributed by atoms with Gasteiger partial charge in [-0.1, -0.05) is 0 Å². The molecule has 0 saturated heterocycles. The summed E-state index contributed by atoms with van der Waals surface area (Å²) < 4.78 is 2.16. The Morgan fingerprint density at radius 3 is 2.48 bits per heavy atom. The molecule has 3 aliphatic carbocycles. The molecule has 7 nitrogen and oxygen atoms in total. The molecule has 134 valence electrons. The summed E-state index contributed by atoms with van der Waals surface area (Å²) >= 11 is 0. The van der Waals surface area contributed by atoms with Gasteiger partial charge in [0.1, 0.15) is 0 Å². The minimum absolute atomic E-state index is 0.206. The summed E-state index contributed by atoms with van der Waals surface area (Å²) in [6, 6.07) is 4.02. The average molecular weight is 357 g/mol. The van der Waals surface area contributed by atoms with Gasteiger partial charge in [-0.2, -0.15) is 10.1 Å². The van der Waals surface area contributed by atoms with Crippen LogP contribution in [0, 0.1) is 19.8 Å². The van der Waals surface area contributed by atoms with Crippen molar-refractivity contribution in [1.29, 1.82) is 0 Å². The summed E-state index contributed by atoms with van der Waals surface area (Å²) in [6.07, 6.45) is 9.00. The first kappa shape index (κ1) is 15.0. The summed E-state index contributed by atoms with van der Waals surface area (Å²) in [5.74, 6) is 1.48. The van der Waals surface area contributed by atoms with E-state index >= 15 is 0 Å². The Bertz CT molecular complexity index is 1210. The van der Waals surface area contributed by atoms with Gasteiger partial charge in [-0.25, -0.2) is 9.67 Å². The fourth-order valence-corrected chi connectivity index (χ4v) is 4.49. The minimum atomic E-state index is 0.206. The average Bonchev–Trinajstić information content (AvgIpc) is 2.89. The molecule has 27 heavy (non-hydrogen) atoms. The lowest BCUT2D eigenvalue weighted by molar-refractivity contribution is -0.0949. The maximum atomic E-state index is 4.83. The monoisotopic (exact) mass is 357 g/mol. The molecule has 7 heteroatoms. The standard InChI is InChI=1S/C20H19N7/c1-11-5-16-17(22-4-3-21-16)6-15(11)24-19-23-10-14-12(2)26-27(18(14)25-19)20-7-13(8-20)9-20/h3-6,10,13H,7-9H2,1-2H3,(H,23,24,25). The molecular formula is C20H19N7. The van der Waals surface area contributed by atoms with Crippen LogP contribution in [0.2, 0.25) is 0 Å². The zero-order chi connectivity index (χ0) is 18.2. The third kappa shape index (κ3) is 2.05. The highest BCUT2D eigenvalue weighted by atomic mass is 15.4. The highest BCUT2D eigenvalue weighted by Crippen LogP contribution is 2.62. The van der Waals surface area contributed by atoms with Gasteiger partial charge in [-0.15, -0.1) is 0 Å². The smallest absolute Gasteiger partial charge is 0.229 e. The third-order valence-corrected chi connectivity index (χ3v) is 6.13. The quantitative estimate of drug-likeness (QED) is 0.603. The second kappa shape index (κ2) is 5.00. The first-order valence-corrected chi connectivity index (χ1v) is 9.33. The van der Waals surface area contributed by atoms with Crippen molar-refractivity contribution in [3.05, 3.63) is 42.0 Å². The predicted octanol–water partition coefficient (Wildman–Crippen LogP) is 3.64. The van der Waals surface area contributed by atoms with Crippen LogP contribution in [0.3, 0.4) is 0 Å². The van der Waals surface area contributed by atoms with Crippen LogP contribution < -0.4 is 5.32 Å². The van der Waals surface area contributed by atoms with Crippen LogP contribution in [-0.2, 0) is 5.54 Å². The van der Waals surface area contributed by atoms with Crippen LogP contribution in [0.5, 0.6) is 0 Å². The fourth-order valence-electron chi connectivity index (χ4n) is 4.49. The number of aromatic nitrogens is 6. The Morgan fingerprint density at radius 1 is 1.04 bits per heavy atom. The van der Waals surface area contributed by atoms with E-state index in [4.69, 9.17) is 10.1 Å². The van der Waals surface area contributed by atoms with Gasteiger partial charge in [0.2, 0.25) is 5.95 Å². The molecule has 0 radical (unpaired) electrons. The van der Waals surface area contributed by atoms with Gasteiger partial charge in [0, 0.05) is 24.3 Å². The van der Waals surface area contributed by atoms with Gasteiger partial charge in [-0.05, 0) is 56.7 Å². The van der Waals surface area contributed by atoms with Crippen LogP contribution in [0.4, 0.5) is 11.6 Å². The molecule has 3 aliphatic rings. The van der Waals surface area contributed by atoms with E-state index in [0.29, 0.717) is 5.95 Å². The van der Waals surface area contributed by atoms with Crippen molar-refractivity contribution in [2.45, 2.75) is 38.6 Å². The normalized spacial score (nSPS) is 23.3. The molecular weight excluding hydrogens is 338 g/mol. The number of hydrogen-bond acceptors (Lipinski definition) is 6. The minimum Gasteiger partial charge on any atom is -0.324 e. The maximum absolute atomic E-state index is 4.83. The van der Waals surface area contributed by atoms with Crippen molar-refractivity contribution in [3.8, 4) is 0 Å². The van der Waals surface area contributed by atoms with Crippen molar-refractivity contribution in [3.63, 3.8) is 0 Å². The van der Waals surface area contributed by atoms with Crippen LogP contribution in [0.15, 0.2) is 30.7 Å². The lowest BCUT2D eigenvalue weighted by Gasteiger charge is -2.61. The number of benzene rings is 1. The molecule has 0 aliphatic heterocycles. The molecule has 0 spiro atoms. The highest BCUT2D eigenvalue weighted by molar-refractivity contribution is 5.82. The number of rotatable bonds is 3. The van der Waals surface area contributed by atoms with Crippen molar-refractivity contribution >= 4 is 33.7 Å². The van der Waals surface area contributed by atoms with E-state index in [1.165, 1.54) is 19.3 Å². The molecule has 2 bridgehead atoms. The second-order valence-corrected chi connectivity index (χ2v) is 7.97. The second-order valence-electron chi connectivity index (χ2n) is 7.97. The highest BCUT2D eigenvalue weighted by Gasteiger charge is 2.59. The molecule has 1 aromatic carbocycles. The van der Waals surface area contributed by atoms with E-state index in [2.05, 4.69) is 25.0 Å². The van der Waals surface area contributed by atoms with E-state index < -0.39 is 0 Å². The fraction of sp³-hybridized carbons (Fsp3) is 0.350. The number of fused-ring (bicyclic) bond motifs is 2. The summed E-state index contributed by atoms with van der Waals surface area (Å²) in [6.45, 7) is 4.08. The van der Waals surface area contributed by atoms with Crippen LogP contribution in [-0.4, -0.2) is 29.7 Å². The molecule has 0 amide bonds. The first-order valence-electron chi connectivity index (χ1n) is 9.33. The van der Waals surface area contributed by atoms with Crippen LogP contribution in [0.1, 0.15) is 30.5 Å². The predicted molar refractivity (Wildman–Crippen MR) is 103 cm³/mol. The van der Waals surface area contributed by atoms with Crippen LogP contribution >= 0.6 is 0 Å². The number of anilines is 2. The molecule has 3 aromatic heterocycles. The zero-order valence-corrected chi connectivity index (χ0v) is 15.3. The van der Waals surface area contributed by atoms with E-state index in [9.17, 15) is 0 Å². The Morgan fingerprint density at radius 2 is 1.78 bits per heavy atom. The molecule has 7 rings (SSSR count). The largest absolute Gasteiger partial charge is 0.324 e. The van der Waals surface area contributed by atoms with Crippen molar-refractivity contribution < 1.29 is 0 Å². The molecule has 3 heterocycles. The van der Waals surface area contributed by atoms with Crippen LogP contribution in [0.25, 0.3) is 22.1 Å². The molecule has 3 fully saturated rings. The number of hydrogen-bond donors (Lipinski definition) is 1. The lowest BCUT2D eigenvalue weighted by atomic mass is 9.50. The third-order valence-electron chi connectivity index (χ3n) is 6.13. The summed E-state index contributed by atoms with van der Waals surface area (Å²) in [7, 11) is 0. The van der Waals surface area contributed by atoms with Gasteiger partial charge in [-0.3, -0.25) is 9.97 Å². The van der Waals surface area contributed by atoms with Gasteiger partial charge in [0.15, 0.2) is 5.65 Å². The van der Waals surface area contributed by atoms with E-state index in [1.54, 1.807) is 12.4 Å². The molecule has 3 saturated carbocycles. The Labute approximate surface area is 155 Å². The maximum Gasteiger partial charge on any atom is 0.229 e. The van der Waals surface area contributed by atoms with Gasteiger partial charge >= 0.3 is 0 Å². The Balaban J connectivity index is 1.43. The van der Waals surface area contributed by atoms with Gasteiger partial charge < -0.3 is 5.32 Å². The van der Waals surface area contributed by atoms with E-state index in [1.807, 2.05) is 32.2 Å². The SMILES string of the molecule is Cc1cc2nccnc2cc1Nc1ncc2c(C)nn(C34CC(C3)C4)c2n1. The molecule has 0 unspecified atom stereocenters. The van der Waals surface area contributed by atoms with Crippen molar-refractivity contribution in [2.75, 3.05) is 5.32 Å². The zero-order valence-electron chi connectivity index (χ0n) is 15.3. The van der Waals surface area contributed by atoms with E-state index in [0.717, 1.165) is 44.9 Å². The number of aryl methyl sites for hydroxylation is 2. The number of nitrogens with zero attached hydrogens (tertiary/aromatic N) is 6. The molecule has 1 N–H and O–H groups in total. The van der Waals surface area contributed by atoms with Gasteiger partial charge in [0.05, 0.1) is 27.7 Å². The summed E-state index contributed by atoms with van der Waals surface area (Å²) in [4.78, 5) is 18.1. The summed E-state index contributed by atoms with van der Waals surface area (Å²) in [5.41, 5.74) is 5.89. The van der Waals surface area contributed by atoms with Crippen molar-refractivity contribution in [1.82, 2.24) is 29.7 Å². The summed E-state index contributed by atoms with van der Waals surface area (Å²) in [5, 5.41) is 9.19. The van der Waals surface area contributed by atoms with Gasteiger partial charge in [0.25, 0.3) is 0 Å². The molecule has 4 aromatic rings. The van der Waals surface area contributed by atoms with Crippen molar-refractivity contribution in [2.24, 2.45) is 5.92 Å². The Kier molecular flexibility index (Phi) is 2.78. The first-order chi connectivity index (χ1) is 13.1. The Hall–Kier alpha value is -3.09. The number of nitrogens with one attached hydrogen (secondary N) is 1. The molecule has 0 atom stereocenters.